The number of rotatable bonds is 5. The third-order valence-corrected chi connectivity index (χ3v) is 6.37. The fourth-order valence-electron chi connectivity index (χ4n) is 4.76. The van der Waals surface area contributed by atoms with Crippen molar-refractivity contribution in [2.45, 2.75) is 44.1 Å². The lowest BCUT2D eigenvalue weighted by Gasteiger charge is -2.36. The number of aliphatic hydroxyl groups is 1. The summed E-state index contributed by atoms with van der Waals surface area (Å²) in [5, 5.41) is 26.9. The van der Waals surface area contributed by atoms with Gasteiger partial charge in [-0.3, -0.25) is 19.7 Å². The van der Waals surface area contributed by atoms with Crippen LogP contribution in [0, 0.1) is 11.6 Å². The minimum atomic E-state index is -5.01. The SMILES string of the molecule is O=C(O)CN1CCc2c(C(O)N3CCC(c4ccc(F)c(F)c4C(F)(F)F)CC3)n[nH]c2C1. The molecule has 0 amide bonds. The molecule has 12 heteroatoms. The lowest BCUT2D eigenvalue weighted by Crippen LogP contribution is -2.38. The Hall–Kier alpha value is -2.57. The number of aliphatic carboxylic acids is 1. The van der Waals surface area contributed by atoms with Crippen LogP contribution in [0.1, 0.15) is 53.1 Å². The first-order valence-corrected chi connectivity index (χ1v) is 10.5. The van der Waals surface area contributed by atoms with Crippen molar-refractivity contribution in [3.05, 3.63) is 51.8 Å². The van der Waals surface area contributed by atoms with Crippen LogP contribution in [0.3, 0.4) is 0 Å². The van der Waals surface area contributed by atoms with Crippen molar-refractivity contribution in [2.24, 2.45) is 0 Å². The highest BCUT2D eigenvalue weighted by molar-refractivity contribution is 5.69. The highest BCUT2D eigenvalue weighted by Gasteiger charge is 2.41. The molecular weight excluding hydrogens is 451 g/mol. The molecule has 1 atom stereocenters. The molecule has 0 spiro atoms. The van der Waals surface area contributed by atoms with Gasteiger partial charge in [0.25, 0.3) is 0 Å². The van der Waals surface area contributed by atoms with Crippen LogP contribution < -0.4 is 0 Å². The number of carboxylic acid groups (broad SMARTS) is 1. The summed E-state index contributed by atoms with van der Waals surface area (Å²) < 4.78 is 67.6. The number of benzene rings is 1. The van der Waals surface area contributed by atoms with Crippen molar-refractivity contribution in [3.63, 3.8) is 0 Å². The van der Waals surface area contributed by atoms with Gasteiger partial charge in [0.2, 0.25) is 0 Å². The van der Waals surface area contributed by atoms with Gasteiger partial charge in [-0.1, -0.05) is 6.07 Å². The van der Waals surface area contributed by atoms with E-state index in [1.807, 2.05) is 0 Å². The van der Waals surface area contributed by atoms with Gasteiger partial charge in [-0.25, -0.2) is 8.78 Å². The van der Waals surface area contributed by atoms with Crippen LogP contribution >= 0.6 is 0 Å². The lowest BCUT2D eigenvalue weighted by atomic mass is 9.85. The molecule has 3 heterocycles. The molecule has 0 aliphatic carbocycles. The Kier molecular flexibility index (Phi) is 6.43. The normalized spacial score (nSPS) is 19.5. The molecule has 1 aromatic carbocycles. The Morgan fingerprint density at radius 3 is 2.55 bits per heavy atom. The molecule has 0 bridgehead atoms. The van der Waals surface area contributed by atoms with Crippen LogP contribution in [0.2, 0.25) is 0 Å². The second-order valence-corrected chi connectivity index (χ2v) is 8.43. The van der Waals surface area contributed by atoms with Gasteiger partial charge in [-0.2, -0.15) is 18.3 Å². The molecule has 180 valence electrons. The highest BCUT2D eigenvalue weighted by Crippen LogP contribution is 2.41. The molecule has 7 nitrogen and oxygen atoms in total. The third kappa shape index (κ3) is 4.73. The predicted molar refractivity (Wildman–Crippen MR) is 105 cm³/mol. The quantitative estimate of drug-likeness (QED) is 0.577. The van der Waals surface area contributed by atoms with E-state index in [1.165, 1.54) is 0 Å². The summed E-state index contributed by atoms with van der Waals surface area (Å²) in [6.45, 7) is 1.24. The van der Waals surface area contributed by atoms with E-state index in [0.717, 1.165) is 17.3 Å². The first-order chi connectivity index (χ1) is 15.6. The minimum absolute atomic E-state index is 0.103. The molecule has 33 heavy (non-hydrogen) atoms. The largest absolute Gasteiger partial charge is 0.480 e. The Morgan fingerprint density at radius 1 is 1.21 bits per heavy atom. The van der Waals surface area contributed by atoms with Gasteiger partial charge in [0.15, 0.2) is 17.9 Å². The Labute approximate surface area is 185 Å². The molecule has 1 aromatic heterocycles. The zero-order valence-corrected chi connectivity index (χ0v) is 17.5. The van der Waals surface area contributed by atoms with E-state index in [9.17, 15) is 31.9 Å². The number of aromatic amines is 1. The fourth-order valence-corrected chi connectivity index (χ4v) is 4.76. The van der Waals surface area contributed by atoms with E-state index < -0.39 is 41.5 Å². The van der Waals surface area contributed by atoms with Crippen molar-refractivity contribution in [1.82, 2.24) is 20.0 Å². The number of aromatic nitrogens is 2. The number of H-pyrrole nitrogens is 1. The summed E-state index contributed by atoms with van der Waals surface area (Å²) >= 11 is 0. The first kappa shape index (κ1) is 23.6. The first-order valence-electron chi connectivity index (χ1n) is 10.5. The molecule has 0 saturated carbocycles. The molecule has 1 fully saturated rings. The lowest BCUT2D eigenvalue weighted by molar-refractivity contribution is -0.141. The van der Waals surface area contributed by atoms with Gasteiger partial charge in [-0.05, 0) is 36.8 Å². The average Bonchev–Trinajstić information content (AvgIpc) is 3.17. The van der Waals surface area contributed by atoms with Gasteiger partial charge >= 0.3 is 12.1 Å². The summed E-state index contributed by atoms with van der Waals surface area (Å²) in [7, 11) is 0. The molecule has 2 aliphatic rings. The van der Waals surface area contributed by atoms with E-state index in [1.54, 1.807) is 9.80 Å². The van der Waals surface area contributed by atoms with Crippen molar-refractivity contribution in [3.8, 4) is 0 Å². The number of fused-ring (bicyclic) bond motifs is 1. The molecule has 4 rings (SSSR count). The number of nitrogens with zero attached hydrogens (tertiary/aromatic N) is 3. The maximum Gasteiger partial charge on any atom is 0.419 e. The van der Waals surface area contributed by atoms with Crippen LogP contribution in [-0.2, 0) is 23.9 Å². The molecule has 1 unspecified atom stereocenters. The summed E-state index contributed by atoms with van der Waals surface area (Å²) in [5.41, 5.74) is 0.122. The number of aliphatic hydroxyl groups excluding tert-OH is 1. The average molecular weight is 474 g/mol. The maximum atomic E-state index is 14.0. The molecule has 2 aliphatic heterocycles. The number of alkyl halides is 3. The predicted octanol–water partition coefficient (Wildman–Crippen LogP) is 3.02. The van der Waals surface area contributed by atoms with E-state index in [-0.39, 0.29) is 38.0 Å². The van der Waals surface area contributed by atoms with Gasteiger partial charge in [0, 0.05) is 31.7 Å². The van der Waals surface area contributed by atoms with Crippen LogP contribution in [0.4, 0.5) is 22.0 Å². The van der Waals surface area contributed by atoms with Crippen LogP contribution in [0.5, 0.6) is 0 Å². The summed E-state index contributed by atoms with van der Waals surface area (Å²) in [5.74, 6) is -4.99. The monoisotopic (exact) mass is 474 g/mol. The number of carbonyl (C=O) groups is 1. The second kappa shape index (κ2) is 8.99. The van der Waals surface area contributed by atoms with E-state index in [2.05, 4.69) is 10.2 Å². The van der Waals surface area contributed by atoms with Gasteiger partial charge in [0.1, 0.15) is 5.69 Å². The van der Waals surface area contributed by atoms with E-state index in [4.69, 9.17) is 5.11 Å². The summed E-state index contributed by atoms with van der Waals surface area (Å²) in [6, 6.07) is 1.70. The second-order valence-electron chi connectivity index (χ2n) is 8.43. The zero-order valence-electron chi connectivity index (χ0n) is 17.5. The molecule has 3 N–H and O–H groups in total. The highest BCUT2D eigenvalue weighted by atomic mass is 19.4. The summed E-state index contributed by atoms with van der Waals surface area (Å²) in [6.07, 6.45) is -5.13. The Morgan fingerprint density at radius 2 is 1.91 bits per heavy atom. The molecule has 1 saturated heterocycles. The number of piperidine rings is 1. The summed E-state index contributed by atoms with van der Waals surface area (Å²) in [4.78, 5) is 14.3. The van der Waals surface area contributed by atoms with Crippen molar-refractivity contribution >= 4 is 5.97 Å². The number of carboxylic acids is 1. The number of hydrogen-bond acceptors (Lipinski definition) is 5. The van der Waals surface area contributed by atoms with Crippen molar-refractivity contribution in [2.75, 3.05) is 26.2 Å². The number of likely N-dealkylation sites (tertiary alicyclic amines) is 1. The zero-order chi connectivity index (χ0) is 23.9. The van der Waals surface area contributed by atoms with Gasteiger partial charge in [0.05, 0.1) is 17.8 Å². The number of hydrogen-bond donors (Lipinski definition) is 3. The number of nitrogens with one attached hydrogen (secondary N) is 1. The van der Waals surface area contributed by atoms with Crippen molar-refractivity contribution in [1.29, 1.82) is 0 Å². The van der Waals surface area contributed by atoms with Gasteiger partial charge < -0.3 is 10.2 Å². The third-order valence-electron chi connectivity index (χ3n) is 6.37. The number of halogens is 5. The topological polar surface area (TPSA) is 92.7 Å². The minimum Gasteiger partial charge on any atom is -0.480 e. The van der Waals surface area contributed by atoms with Crippen LogP contribution in [0.25, 0.3) is 0 Å². The van der Waals surface area contributed by atoms with Crippen molar-refractivity contribution < 1.29 is 37.0 Å². The fraction of sp³-hybridized carbons (Fsp3) is 0.524. The van der Waals surface area contributed by atoms with E-state index >= 15 is 0 Å². The van der Waals surface area contributed by atoms with Gasteiger partial charge in [-0.15, -0.1) is 0 Å². The maximum absolute atomic E-state index is 14.0. The molecular formula is C21H23F5N4O3. The van der Waals surface area contributed by atoms with Crippen LogP contribution in [-0.4, -0.2) is 62.4 Å². The Bertz CT molecular complexity index is 1030. The smallest absolute Gasteiger partial charge is 0.419 e. The molecule has 0 radical (unpaired) electrons. The van der Waals surface area contributed by atoms with Crippen LogP contribution in [0.15, 0.2) is 12.1 Å². The standard InChI is InChI=1S/C21H23F5N4O3/c22-14-2-1-12(17(18(14)23)21(24,25)26)11-3-7-30(8-4-11)20(33)19-13-5-6-29(10-16(31)32)9-15(13)27-28-19/h1-2,11,20,33H,3-10H2,(H,27,28)(H,31,32). The van der Waals surface area contributed by atoms with E-state index in [0.29, 0.717) is 31.3 Å². The Balaban J connectivity index is 1.45. The molecule has 2 aromatic rings.